The van der Waals surface area contributed by atoms with Crippen molar-refractivity contribution in [3.63, 3.8) is 0 Å². The van der Waals surface area contributed by atoms with Gasteiger partial charge in [-0.1, -0.05) is 13.0 Å². The van der Waals surface area contributed by atoms with Gasteiger partial charge in [0.25, 0.3) is 5.91 Å². The van der Waals surface area contributed by atoms with Gasteiger partial charge in [0.2, 0.25) is 0 Å². The topological polar surface area (TPSA) is 46.3 Å². The number of amides is 1. The number of rotatable bonds is 3. The average molecular weight is 218 g/mol. The van der Waals surface area contributed by atoms with E-state index in [-0.39, 0.29) is 5.91 Å². The molecule has 1 aliphatic rings. The van der Waals surface area contributed by atoms with Crippen molar-refractivity contribution in [2.24, 2.45) is 11.8 Å². The summed E-state index contributed by atoms with van der Waals surface area (Å²) in [6.45, 7) is 3.08. The molecule has 3 heteroatoms. The molecular formula is C13H18N2O. The van der Waals surface area contributed by atoms with E-state index >= 15 is 0 Å². The van der Waals surface area contributed by atoms with Gasteiger partial charge in [-0.05, 0) is 36.5 Å². The zero-order valence-electron chi connectivity index (χ0n) is 9.81. The minimum Gasteiger partial charge on any atom is -0.399 e. The Morgan fingerprint density at radius 2 is 2.25 bits per heavy atom. The van der Waals surface area contributed by atoms with Gasteiger partial charge < -0.3 is 10.6 Å². The quantitative estimate of drug-likeness (QED) is 0.789. The van der Waals surface area contributed by atoms with E-state index in [1.807, 2.05) is 19.2 Å². The first-order chi connectivity index (χ1) is 7.58. The van der Waals surface area contributed by atoms with Crippen molar-refractivity contribution in [1.29, 1.82) is 0 Å². The highest BCUT2D eigenvalue weighted by molar-refractivity contribution is 5.94. The van der Waals surface area contributed by atoms with E-state index in [9.17, 15) is 4.79 Å². The van der Waals surface area contributed by atoms with Gasteiger partial charge in [0.1, 0.15) is 0 Å². The van der Waals surface area contributed by atoms with Gasteiger partial charge in [0, 0.05) is 24.8 Å². The highest BCUT2D eigenvalue weighted by Crippen LogP contribution is 2.38. The third-order valence-corrected chi connectivity index (χ3v) is 3.26. The molecule has 1 fully saturated rings. The number of nitrogen functional groups attached to an aromatic ring is 1. The fourth-order valence-electron chi connectivity index (χ4n) is 1.98. The molecule has 1 aliphatic carbocycles. The van der Waals surface area contributed by atoms with Gasteiger partial charge in [-0.25, -0.2) is 0 Å². The SMILES string of the molecule is CC1CC1CN(C)C(=O)c1cccc(N)c1. The average Bonchev–Trinajstić information content (AvgIpc) is 2.93. The van der Waals surface area contributed by atoms with Crippen LogP contribution >= 0.6 is 0 Å². The predicted octanol–water partition coefficient (Wildman–Crippen LogP) is 2.00. The number of hydrogen-bond donors (Lipinski definition) is 1. The Labute approximate surface area is 96.2 Å². The van der Waals surface area contributed by atoms with Crippen molar-refractivity contribution in [1.82, 2.24) is 4.90 Å². The van der Waals surface area contributed by atoms with Gasteiger partial charge >= 0.3 is 0 Å². The molecule has 2 rings (SSSR count). The highest BCUT2D eigenvalue weighted by Gasteiger charge is 2.34. The van der Waals surface area contributed by atoms with E-state index in [4.69, 9.17) is 5.73 Å². The van der Waals surface area contributed by atoms with E-state index in [1.54, 1.807) is 17.0 Å². The molecule has 1 aromatic carbocycles. The molecule has 1 aromatic rings. The largest absolute Gasteiger partial charge is 0.399 e. The minimum absolute atomic E-state index is 0.0615. The van der Waals surface area contributed by atoms with Crippen LogP contribution in [0.5, 0.6) is 0 Å². The monoisotopic (exact) mass is 218 g/mol. The summed E-state index contributed by atoms with van der Waals surface area (Å²) < 4.78 is 0. The van der Waals surface area contributed by atoms with Crippen molar-refractivity contribution < 1.29 is 4.79 Å². The highest BCUT2D eigenvalue weighted by atomic mass is 16.2. The van der Waals surface area contributed by atoms with Crippen LogP contribution in [0, 0.1) is 11.8 Å². The number of carbonyl (C=O) groups is 1. The summed E-state index contributed by atoms with van der Waals surface area (Å²) in [6.07, 6.45) is 1.24. The lowest BCUT2D eigenvalue weighted by Gasteiger charge is -2.17. The van der Waals surface area contributed by atoms with E-state index in [1.165, 1.54) is 6.42 Å². The van der Waals surface area contributed by atoms with Crippen LogP contribution in [0.25, 0.3) is 0 Å². The third kappa shape index (κ3) is 2.35. The zero-order chi connectivity index (χ0) is 11.7. The summed E-state index contributed by atoms with van der Waals surface area (Å²) in [6, 6.07) is 7.15. The summed E-state index contributed by atoms with van der Waals surface area (Å²) in [5, 5.41) is 0. The van der Waals surface area contributed by atoms with Crippen LogP contribution in [0.4, 0.5) is 5.69 Å². The molecule has 2 unspecified atom stereocenters. The summed E-state index contributed by atoms with van der Waals surface area (Å²) >= 11 is 0. The first kappa shape index (κ1) is 11.0. The van der Waals surface area contributed by atoms with Crippen LogP contribution in [-0.4, -0.2) is 24.4 Å². The van der Waals surface area contributed by atoms with Gasteiger partial charge in [-0.15, -0.1) is 0 Å². The van der Waals surface area contributed by atoms with Crippen molar-refractivity contribution >= 4 is 11.6 Å². The Bertz CT molecular complexity index is 403. The first-order valence-corrected chi connectivity index (χ1v) is 5.69. The van der Waals surface area contributed by atoms with Crippen molar-refractivity contribution in [2.45, 2.75) is 13.3 Å². The summed E-state index contributed by atoms with van der Waals surface area (Å²) in [4.78, 5) is 13.8. The summed E-state index contributed by atoms with van der Waals surface area (Å²) in [5.41, 5.74) is 6.98. The van der Waals surface area contributed by atoms with Gasteiger partial charge in [-0.2, -0.15) is 0 Å². The molecule has 0 radical (unpaired) electrons. The molecule has 0 aromatic heterocycles. The molecule has 16 heavy (non-hydrogen) atoms. The number of hydrogen-bond acceptors (Lipinski definition) is 2. The predicted molar refractivity (Wildman–Crippen MR) is 65.1 cm³/mol. The zero-order valence-corrected chi connectivity index (χ0v) is 9.81. The molecule has 0 heterocycles. The second-order valence-corrected chi connectivity index (χ2v) is 4.78. The second-order valence-electron chi connectivity index (χ2n) is 4.78. The molecule has 1 saturated carbocycles. The standard InChI is InChI=1S/C13H18N2O/c1-9-6-11(9)8-15(2)13(16)10-4-3-5-12(14)7-10/h3-5,7,9,11H,6,8,14H2,1-2H3. The third-order valence-electron chi connectivity index (χ3n) is 3.26. The second kappa shape index (κ2) is 4.16. The smallest absolute Gasteiger partial charge is 0.253 e. The van der Waals surface area contributed by atoms with Crippen LogP contribution in [-0.2, 0) is 0 Å². The summed E-state index contributed by atoms with van der Waals surface area (Å²) in [5.74, 6) is 1.53. The minimum atomic E-state index is 0.0615. The van der Waals surface area contributed by atoms with Gasteiger partial charge in [0.15, 0.2) is 0 Å². The van der Waals surface area contributed by atoms with E-state index in [0.717, 1.165) is 12.5 Å². The van der Waals surface area contributed by atoms with Crippen LogP contribution in [0.15, 0.2) is 24.3 Å². The number of nitrogens with two attached hydrogens (primary N) is 1. The number of carbonyl (C=O) groups excluding carboxylic acids is 1. The molecule has 3 nitrogen and oxygen atoms in total. The lowest BCUT2D eigenvalue weighted by molar-refractivity contribution is 0.0787. The summed E-state index contributed by atoms with van der Waals surface area (Å²) in [7, 11) is 1.86. The van der Waals surface area contributed by atoms with Crippen LogP contribution in [0.2, 0.25) is 0 Å². The number of anilines is 1. The van der Waals surface area contributed by atoms with Gasteiger partial charge in [0.05, 0.1) is 0 Å². The molecule has 86 valence electrons. The van der Waals surface area contributed by atoms with Crippen LogP contribution < -0.4 is 5.73 Å². The fraction of sp³-hybridized carbons (Fsp3) is 0.462. The Hall–Kier alpha value is -1.51. The number of benzene rings is 1. The van der Waals surface area contributed by atoms with Crippen LogP contribution in [0.3, 0.4) is 0 Å². The normalized spacial score (nSPS) is 22.9. The van der Waals surface area contributed by atoms with E-state index in [2.05, 4.69) is 6.92 Å². The van der Waals surface area contributed by atoms with Crippen molar-refractivity contribution in [2.75, 3.05) is 19.3 Å². The lowest BCUT2D eigenvalue weighted by Crippen LogP contribution is -2.29. The number of nitrogens with zero attached hydrogens (tertiary/aromatic N) is 1. The van der Waals surface area contributed by atoms with E-state index < -0.39 is 0 Å². The Balaban J connectivity index is 2.01. The molecule has 1 amide bonds. The molecular weight excluding hydrogens is 200 g/mol. The molecule has 0 aliphatic heterocycles. The first-order valence-electron chi connectivity index (χ1n) is 5.69. The maximum atomic E-state index is 12.0. The molecule has 0 bridgehead atoms. The maximum absolute atomic E-state index is 12.0. The Morgan fingerprint density at radius 3 is 2.81 bits per heavy atom. The molecule has 0 spiro atoms. The maximum Gasteiger partial charge on any atom is 0.253 e. The molecule has 2 N–H and O–H groups in total. The fourth-order valence-corrected chi connectivity index (χ4v) is 1.98. The van der Waals surface area contributed by atoms with Gasteiger partial charge in [-0.3, -0.25) is 4.79 Å². The van der Waals surface area contributed by atoms with Crippen molar-refractivity contribution in [3.05, 3.63) is 29.8 Å². The Morgan fingerprint density at radius 1 is 1.56 bits per heavy atom. The molecule has 2 atom stereocenters. The molecule has 0 saturated heterocycles. The van der Waals surface area contributed by atoms with Crippen LogP contribution in [0.1, 0.15) is 23.7 Å². The van der Waals surface area contributed by atoms with E-state index in [0.29, 0.717) is 17.2 Å². The lowest BCUT2D eigenvalue weighted by atomic mass is 10.1. The Kier molecular flexibility index (Phi) is 2.86. The van der Waals surface area contributed by atoms with Crippen molar-refractivity contribution in [3.8, 4) is 0 Å².